The highest BCUT2D eigenvalue weighted by molar-refractivity contribution is 7.89. The maximum Gasteiger partial charge on any atom is 0.242 e. The molecule has 1 fully saturated rings. The molecule has 1 saturated carbocycles. The fourth-order valence-corrected chi connectivity index (χ4v) is 4.10. The second kappa shape index (κ2) is 5.20. The minimum atomic E-state index is -3.61. The number of nitrogens with zero attached hydrogens (tertiary/aromatic N) is 1. The quantitative estimate of drug-likeness (QED) is 0.869. The summed E-state index contributed by atoms with van der Waals surface area (Å²) in [6.45, 7) is 4.14. The van der Waals surface area contributed by atoms with Crippen LogP contribution in [0.4, 0.5) is 0 Å². The van der Waals surface area contributed by atoms with Crippen LogP contribution in [0.3, 0.4) is 0 Å². The normalized spacial score (nSPS) is 22.6. The zero-order valence-corrected chi connectivity index (χ0v) is 13.1. The Balaban J connectivity index is 2.25. The minimum absolute atomic E-state index is 0.0310. The van der Waals surface area contributed by atoms with E-state index in [0.717, 1.165) is 19.3 Å². The van der Waals surface area contributed by atoms with Gasteiger partial charge in [0.05, 0.1) is 5.02 Å². The van der Waals surface area contributed by atoms with E-state index in [0.29, 0.717) is 0 Å². The van der Waals surface area contributed by atoms with Crippen molar-refractivity contribution >= 4 is 33.2 Å². The maximum atomic E-state index is 12.3. The first-order valence-electron chi connectivity index (χ1n) is 6.06. The average molecular weight is 323 g/mol. The number of pyridine rings is 1. The van der Waals surface area contributed by atoms with Gasteiger partial charge in [0.25, 0.3) is 0 Å². The number of hydrogen-bond donors (Lipinski definition) is 1. The second-order valence-electron chi connectivity index (χ2n) is 5.50. The molecule has 0 bridgehead atoms. The highest BCUT2D eigenvalue weighted by Crippen LogP contribution is 2.38. The van der Waals surface area contributed by atoms with Gasteiger partial charge in [0, 0.05) is 12.2 Å². The number of nitrogens with one attached hydrogen (secondary N) is 1. The summed E-state index contributed by atoms with van der Waals surface area (Å²) in [6, 6.07) is 1.26. The average Bonchev–Trinajstić information content (AvgIpc) is 2.61. The summed E-state index contributed by atoms with van der Waals surface area (Å²) in [5.41, 5.74) is -0.0310. The lowest BCUT2D eigenvalue weighted by Crippen LogP contribution is -2.41. The van der Waals surface area contributed by atoms with Crippen molar-refractivity contribution in [3.63, 3.8) is 0 Å². The first-order valence-corrected chi connectivity index (χ1v) is 8.30. The van der Waals surface area contributed by atoms with Crippen molar-refractivity contribution in [2.45, 2.75) is 44.0 Å². The van der Waals surface area contributed by atoms with Crippen LogP contribution in [0.5, 0.6) is 0 Å². The summed E-state index contributed by atoms with van der Waals surface area (Å²) in [6.07, 6.45) is 4.11. The molecule has 1 aliphatic rings. The fourth-order valence-electron chi connectivity index (χ4n) is 2.35. The summed E-state index contributed by atoms with van der Waals surface area (Å²) in [4.78, 5) is 3.82. The molecule has 4 nitrogen and oxygen atoms in total. The molecule has 1 unspecified atom stereocenters. The third-order valence-corrected chi connectivity index (χ3v) is 5.76. The summed E-state index contributed by atoms with van der Waals surface area (Å²) in [5, 5.41) is 0.233. The maximum absolute atomic E-state index is 12.3. The van der Waals surface area contributed by atoms with Crippen molar-refractivity contribution in [2.24, 2.45) is 5.41 Å². The summed E-state index contributed by atoms with van der Waals surface area (Å²) in [5.74, 6) is 0. The molecule has 0 spiro atoms. The molecule has 0 aliphatic heterocycles. The lowest BCUT2D eigenvalue weighted by molar-refractivity contribution is 0.313. The summed E-state index contributed by atoms with van der Waals surface area (Å²) >= 11 is 11.5. The van der Waals surface area contributed by atoms with Gasteiger partial charge in [-0.15, -0.1) is 0 Å². The monoisotopic (exact) mass is 322 g/mol. The summed E-state index contributed by atoms with van der Waals surface area (Å²) < 4.78 is 27.3. The minimum Gasteiger partial charge on any atom is -0.242 e. The molecule has 0 radical (unpaired) electrons. The van der Waals surface area contributed by atoms with Crippen LogP contribution in [-0.2, 0) is 10.0 Å². The number of aromatic nitrogens is 1. The van der Waals surface area contributed by atoms with Crippen LogP contribution < -0.4 is 4.72 Å². The molecule has 1 atom stereocenters. The Morgan fingerprint density at radius 2 is 2.11 bits per heavy atom. The Kier molecular flexibility index (Phi) is 4.12. The fraction of sp³-hybridized carbons (Fsp3) is 0.583. The van der Waals surface area contributed by atoms with Crippen molar-refractivity contribution in [1.29, 1.82) is 0 Å². The Hall–Kier alpha value is -0.360. The molecule has 0 amide bonds. The lowest BCUT2D eigenvalue weighted by atomic mass is 9.88. The van der Waals surface area contributed by atoms with E-state index < -0.39 is 10.0 Å². The molecule has 1 aromatic rings. The van der Waals surface area contributed by atoms with Crippen LogP contribution in [0.25, 0.3) is 0 Å². The van der Waals surface area contributed by atoms with E-state index in [9.17, 15) is 8.42 Å². The highest BCUT2D eigenvalue weighted by atomic mass is 35.5. The molecule has 106 valence electrons. The van der Waals surface area contributed by atoms with Crippen LogP contribution in [0.1, 0.15) is 33.1 Å². The second-order valence-corrected chi connectivity index (χ2v) is 7.98. The van der Waals surface area contributed by atoms with Gasteiger partial charge < -0.3 is 0 Å². The van der Waals surface area contributed by atoms with Crippen LogP contribution in [0, 0.1) is 5.41 Å². The first kappa shape index (κ1) is 15.0. The molecule has 1 heterocycles. The van der Waals surface area contributed by atoms with Crippen molar-refractivity contribution in [3.05, 3.63) is 22.4 Å². The zero-order chi connectivity index (χ0) is 14.3. The van der Waals surface area contributed by atoms with Gasteiger partial charge in [0.2, 0.25) is 10.0 Å². The Morgan fingerprint density at radius 3 is 2.63 bits per heavy atom. The Labute approximate surface area is 123 Å². The van der Waals surface area contributed by atoms with E-state index in [4.69, 9.17) is 23.2 Å². The topological polar surface area (TPSA) is 59.1 Å². The number of hydrogen-bond acceptors (Lipinski definition) is 3. The van der Waals surface area contributed by atoms with Crippen molar-refractivity contribution in [2.75, 3.05) is 0 Å². The first-order chi connectivity index (χ1) is 8.72. The van der Waals surface area contributed by atoms with E-state index in [1.807, 2.05) is 0 Å². The Morgan fingerprint density at radius 1 is 1.42 bits per heavy atom. The van der Waals surface area contributed by atoms with E-state index in [2.05, 4.69) is 23.6 Å². The zero-order valence-electron chi connectivity index (χ0n) is 10.8. The van der Waals surface area contributed by atoms with E-state index >= 15 is 0 Å². The van der Waals surface area contributed by atoms with Gasteiger partial charge in [-0.05, 0) is 24.3 Å². The van der Waals surface area contributed by atoms with Gasteiger partial charge in [0.15, 0.2) is 0 Å². The Bertz CT molecular complexity index is 587. The third kappa shape index (κ3) is 3.21. The highest BCUT2D eigenvalue weighted by Gasteiger charge is 2.37. The predicted octanol–water partition coefficient (Wildman–Crippen LogP) is 3.25. The molecular formula is C12H16Cl2N2O2S. The smallest absolute Gasteiger partial charge is 0.242 e. The van der Waals surface area contributed by atoms with Crippen molar-refractivity contribution in [1.82, 2.24) is 9.71 Å². The van der Waals surface area contributed by atoms with Crippen LogP contribution >= 0.6 is 23.2 Å². The molecule has 1 N–H and O–H groups in total. The van der Waals surface area contributed by atoms with E-state index in [-0.39, 0.29) is 26.5 Å². The lowest BCUT2D eigenvalue weighted by Gasteiger charge is -2.27. The third-order valence-electron chi connectivity index (χ3n) is 3.64. The van der Waals surface area contributed by atoms with Gasteiger partial charge in [-0.1, -0.05) is 43.5 Å². The van der Waals surface area contributed by atoms with Crippen LogP contribution in [0.15, 0.2) is 17.2 Å². The molecule has 19 heavy (non-hydrogen) atoms. The van der Waals surface area contributed by atoms with E-state index in [1.165, 1.54) is 12.3 Å². The van der Waals surface area contributed by atoms with Crippen LogP contribution in [-0.4, -0.2) is 19.4 Å². The molecule has 0 saturated heterocycles. The van der Waals surface area contributed by atoms with Crippen molar-refractivity contribution in [3.8, 4) is 0 Å². The van der Waals surface area contributed by atoms with Gasteiger partial charge in [0.1, 0.15) is 10.0 Å². The van der Waals surface area contributed by atoms with Gasteiger partial charge in [-0.25, -0.2) is 18.1 Å². The number of rotatable bonds is 3. The predicted molar refractivity (Wildman–Crippen MR) is 76.0 cm³/mol. The number of halogens is 2. The molecule has 1 aromatic heterocycles. The SMILES string of the molecule is CC1(C)CCCC1NS(=O)(=O)c1cnc(Cl)c(Cl)c1. The van der Waals surface area contributed by atoms with Gasteiger partial charge in [-0.3, -0.25) is 0 Å². The molecule has 1 aliphatic carbocycles. The van der Waals surface area contributed by atoms with E-state index in [1.54, 1.807) is 0 Å². The van der Waals surface area contributed by atoms with Crippen molar-refractivity contribution < 1.29 is 8.42 Å². The molecule has 2 rings (SSSR count). The summed E-state index contributed by atoms with van der Waals surface area (Å²) in [7, 11) is -3.61. The number of sulfonamides is 1. The largest absolute Gasteiger partial charge is 0.242 e. The molecular weight excluding hydrogens is 307 g/mol. The molecule has 0 aromatic carbocycles. The molecule has 7 heteroatoms. The van der Waals surface area contributed by atoms with Gasteiger partial charge >= 0.3 is 0 Å². The van der Waals surface area contributed by atoms with Crippen LogP contribution in [0.2, 0.25) is 10.2 Å². The van der Waals surface area contributed by atoms with Gasteiger partial charge in [-0.2, -0.15) is 0 Å². The standard InChI is InChI=1S/C12H16Cl2N2O2S/c1-12(2)5-3-4-10(12)16-19(17,18)8-6-9(13)11(14)15-7-8/h6-7,10,16H,3-5H2,1-2H3.